The number of likely N-dealkylation sites (N-methyl/N-ethyl adjacent to an activating group) is 1. The van der Waals surface area contributed by atoms with Gasteiger partial charge in [0.1, 0.15) is 5.75 Å². The van der Waals surface area contributed by atoms with Gasteiger partial charge in [0.2, 0.25) is 0 Å². The molecule has 2 atom stereocenters. The number of carbonyl (C=O) groups excluding carboxylic acids is 1. The minimum absolute atomic E-state index is 0.0542. The average Bonchev–Trinajstić information content (AvgIpc) is 2.83. The third-order valence-corrected chi connectivity index (χ3v) is 3.47. The zero-order chi connectivity index (χ0) is 13.8. The molecular formula is C13H17ClN2O3. The summed E-state index contributed by atoms with van der Waals surface area (Å²) in [5, 5.41) is 13.4. The highest BCUT2D eigenvalue weighted by molar-refractivity contribution is 6.30. The number of hydrogen-bond acceptors (Lipinski definition) is 4. The molecule has 1 aromatic rings. The Labute approximate surface area is 117 Å². The van der Waals surface area contributed by atoms with Crippen LogP contribution in [0.1, 0.15) is 0 Å². The zero-order valence-corrected chi connectivity index (χ0v) is 11.4. The first-order chi connectivity index (χ1) is 9.08. The summed E-state index contributed by atoms with van der Waals surface area (Å²) in [4.78, 5) is 13.5. The molecule has 1 amide bonds. The van der Waals surface area contributed by atoms with Crippen molar-refractivity contribution in [3.05, 3.63) is 29.3 Å². The predicted molar refractivity (Wildman–Crippen MR) is 72.4 cm³/mol. The molecule has 0 unspecified atom stereocenters. The van der Waals surface area contributed by atoms with Gasteiger partial charge in [0.15, 0.2) is 6.61 Å². The van der Waals surface area contributed by atoms with E-state index in [2.05, 4.69) is 5.32 Å². The highest BCUT2D eigenvalue weighted by atomic mass is 35.5. The first-order valence-corrected chi connectivity index (χ1v) is 6.48. The molecule has 0 aromatic heterocycles. The van der Waals surface area contributed by atoms with Gasteiger partial charge in [-0.25, -0.2) is 0 Å². The molecule has 5 nitrogen and oxygen atoms in total. The summed E-state index contributed by atoms with van der Waals surface area (Å²) in [5.41, 5.74) is 0. The predicted octanol–water partition coefficient (Wildman–Crippen LogP) is 0.510. The van der Waals surface area contributed by atoms with Gasteiger partial charge in [-0.05, 0) is 24.3 Å². The van der Waals surface area contributed by atoms with Crippen LogP contribution in [0.2, 0.25) is 5.02 Å². The van der Waals surface area contributed by atoms with Crippen LogP contribution in [-0.4, -0.2) is 54.8 Å². The van der Waals surface area contributed by atoms with Crippen molar-refractivity contribution >= 4 is 17.5 Å². The van der Waals surface area contributed by atoms with Crippen molar-refractivity contribution in [2.24, 2.45) is 0 Å². The molecule has 2 rings (SSSR count). The van der Waals surface area contributed by atoms with Crippen LogP contribution in [0.3, 0.4) is 0 Å². The number of nitrogens with zero attached hydrogens (tertiary/aromatic N) is 1. The number of nitrogens with one attached hydrogen (secondary N) is 1. The van der Waals surface area contributed by atoms with E-state index < -0.39 is 6.10 Å². The number of carbonyl (C=O) groups is 1. The van der Waals surface area contributed by atoms with E-state index in [0.29, 0.717) is 23.9 Å². The molecule has 19 heavy (non-hydrogen) atoms. The number of rotatable bonds is 4. The number of amides is 1. The standard InChI is InChI=1S/C13H17ClN2O3/c1-16(11-6-15-7-12(11)17)13(18)8-19-10-4-2-9(14)3-5-10/h2-5,11-12,15,17H,6-8H2,1H3/t11-,12-/m0/s1. The number of hydrogen-bond donors (Lipinski definition) is 2. The molecule has 1 aliphatic heterocycles. The maximum atomic E-state index is 12.0. The van der Waals surface area contributed by atoms with Gasteiger partial charge in [-0.3, -0.25) is 4.79 Å². The Hall–Kier alpha value is -1.30. The van der Waals surface area contributed by atoms with Crippen LogP contribution in [0.15, 0.2) is 24.3 Å². The van der Waals surface area contributed by atoms with Gasteiger partial charge in [-0.15, -0.1) is 0 Å². The third-order valence-electron chi connectivity index (χ3n) is 3.22. The fraction of sp³-hybridized carbons (Fsp3) is 0.462. The lowest BCUT2D eigenvalue weighted by molar-refractivity contribution is -0.135. The van der Waals surface area contributed by atoms with Crippen LogP contribution in [0, 0.1) is 0 Å². The highest BCUT2D eigenvalue weighted by Gasteiger charge is 2.31. The number of benzene rings is 1. The first kappa shape index (κ1) is 14.1. The van der Waals surface area contributed by atoms with E-state index in [9.17, 15) is 9.90 Å². The SMILES string of the molecule is CN(C(=O)COc1ccc(Cl)cc1)[C@H]1CNC[C@@H]1O. The topological polar surface area (TPSA) is 61.8 Å². The Balaban J connectivity index is 1.85. The van der Waals surface area contributed by atoms with Crippen molar-refractivity contribution in [2.45, 2.75) is 12.1 Å². The molecule has 0 saturated carbocycles. The Bertz CT molecular complexity index is 438. The van der Waals surface area contributed by atoms with E-state index in [1.54, 1.807) is 31.3 Å². The number of aliphatic hydroxyl groups excluding tert-OH is 1. The van der Waals surface area contributed by atoms with Crippen molar-refractivity contribution in [2.75, 3.05) is 26.7 Å². The molecule has 1 aliphatic rings. The molecule has 0 spiro atoms. The quantitative estimate of drug-likeness (QED) is 0.846. The molecule has 1 aromatic carbocycles. The fourth-order valence-corrected chi connectivity index (χ4v) is 2.13. The number of aliphatic hydroxyl groups is 1. The normalized spacial score (nSPS) is 22.3. The van der Waals surface area contributed by atoms with Crippen molar-refractivity contribution in [3.8, 4) is 5.75 Å². The minimum atomic E-state index is -0.524. The molecule has 0 aliphatic carbocycles. The molecule has 0 radical (unpaired) electrons. The second-order valence-electron chi connectivity index (χ2n) is 4.54. The molecule has 104 valence electrons. The van der Waals surface area contributed by atoms with E-state index in [1.165, 1.54) is 4.90 Å². The molecule has 2 N–H and O–H groups in total. The van der Waals surface area contributed by atoms with E-state index in [0.717, 1.165) is 0 Å². The van der Waals surface area contributed by atoms with Gasteiger partial charge in [-0.2, -0.15) is 0 Å². The van der Waals surface area contributed by atoms with Crippen LogP contribution >= 0.6 is 11.6 Å². The monoisotopic (exact) mass is 284 g/mol. The summed E-state index contributed by atoms with van der Waals surface area (Å²) in [6.45, 7) is 1.06. The van der Waals surface area contributed by atoms with Gasteiger partial charge in [-0.1, -0.05) is 11.6 Å². The summed E-state index contributed by atoms with van der Waals surface area (Å²) in [6.07, 6.45) is -0.524. The van der Waals surface area contributed by atoms with Gasteiger partial charge in [0.25, 0.3) is 5.91 Å². The van der Waals surface area contributed by atoms with E-state index in [-0.39, 0.29) is 18.6 Å². The number of halogens is 1. The van der Waals surface area contributed by atoms with E-state index >= 15 is 0 Å². The molecule has 6 heteroatoms. The molecule has 1 heterocycles. The fourth-order valence-electron chi connectivity index (χ4n) is 2.01. The van der Waals surface area contributed by atoms with Crippen LogP contribution in [-0.2, 0) is 4.79 Å². The summed E-state index contributed by atoms with van der Waals surface area (Å²) < 4.78 is 5.39. The maximum absolute atomic E-state index is 12.0. The van der Waals surface area contributed by atoms with Crippen LogP contribution in [0.4, 0.5) is 0 Å². The molecule has 0 bridgehead atoms. The van der Waals surface area contributed by atoms with Crippen molar-refractivity contribution < 1.29 is 14.6 Å². The summed E-state index contributed by atoms with van der Waals surface area (Å²) >= 11 is 5.76. The van der Waals surface area contributed by atoms with Crippen LogP contribution < -0.4 is 10.1 Å². The lowest BCUT2D eigenvalue weighted by Crippen LogP contribution is -2.46. The van der Waals surface area contributed by atoms with Crippen LogP contribution in [0.25, 0.3) is 0 Å². The van der Waals surface area contributed by atoms with Crippen molar-refractivity contribution in [3.63, 3.8) is 0 Å². The maximum Gasteiger partial charge on any atom is 0.260 e. The first-order valence-electron chi connectivity index (χ1n) is 6.10. The van der Waals surface area contributed by atoms with E-state index in [1.807, 2.05) is 0 Å². The smallest absolute Gasteiger partial charge is 0.260 e. The highest BCUT2D eigenvalue weighted by Crippen LogP contribution is 2.16. The van der Waals surface area contributed by atoms with E-state index in [4.69, 9.17) is 16.3 Å². The van der Waals surface area contributed by atoms with Gasteiger partial charge in [0.05, 0.1) is 12.1 Å². The molecule has 1 saturated heterocycles. The third kappa shape index (κ3) is 3.59. The van der Waals surface area contributed by atoms with Crippen molar-refractivity contribution in [1.82, 2.24) is 10.2 Å². The zero-order valence-electron chi connectivity index (χ0n) is 10.7. The second-order valence-corrected chi connectivity index (χ2v) is 4.98. The van der Waals surface area contributed by atoms with Crippen LogP contribution in [0.5, 0.6) is 5.75 Å². The minimum Gasteiger partial charge on any atom is -0.484 e. The van der Waals surface area contributed by atoms with Gasteiger partial charge < -0.3 is 20.1 Å². The Kier molecular flexibility index (Phi) is 4.63. The largest absolute Gasteiger partial charge is 0.484 e. The number of β-amino-alcohol motifs (C(OH)–C–C–N with tert-alkyl or cyclic N) is 1. The molecule has 1 fully saturated rings. The van der Waals surface area contributed by atoms with Gasteiger partial charge in [0, 0.05) is 25.2 Å². The Morgan fingerprint density at radius 1 is 1.47 bits per heavy atom. The van der Waals surface area contributed by atoms with Gasteiger partial charge >= 0.3 is 0 Å². The summed E-state index contributed by atoms with van der Waals surface area (Å²) in [6, 6.07) is 6.63. The summed E-state index contributed by atoms with van der Waals surface area (Å²) in [7, 11) is 1.68. The lowest BCUT2D eigenvalue weighted by Gasteiger charge is -2.26. The Morgan fingerprint density at radius 2 is 2.16 bits per heavy atom. The lowest BCUT2D eigenvalue weighted by atomic mass is 10.2. The molecular weight excluding hydrogens is 268 g/mol. The summed E-state index contributed by atoms with van der Waals surface area (Å²) in [5.74, 6) is 0.430. The average molecular weight is 285 g/mol. The second kappa shape index (κ2) is 6.23. The van der Waals surface area contributed by atoms with Crippen molar-refractivity contribution in [1.29, 1.82) is 0 Å². The Morgan fingerprint density at radius 3 is 2.74 bits per heavy atom. The number of ether oxygens (including phenoxy) is 1.